The van der Waals surface area contributed by atoms with Crippen LogP contribution in [-0.2, 0) is 12.8 Å². The highest BCUT2D eigenvalue weighted by Gasteiger charge is 2.29. The number of aromatic nitrogens is 2. The molecule has 1 aromatic rings. The van der Waals surface area contributed by atoms with Crippen molar-refractivity contribution in [2.45, 2.75) is 66.0 Å². The molecule has 0 saturated carbocycles. The summed E-state index contributed by atoms with van der Waals surface area (Å²) in [6.07, 6.45) is 2.18. The molecule has 0 spiro atoms. The first-order valence-electron chi connectivity index (χ1n) is 6.92. The maximum Gasteiger partial charge on any atom is 0.163 e. The summed E-state index contributed by atoms with van der Waals surface area (Å²) >= 11 is 5.82. The van der Waals surface area contributed by atoms with Gasteiger partial charge in [0.05, 0.1) is 0 Å². The van der Waals surface area contributed by atoms with Crippen molar-refractivity contribution in [1.82, 2.24) is 8.47 Å². The van der Waals surface area contributed by atoms with Crippen molar-refractivity contribution >= 4 is 28.7 Å². The van der Waals surface area contributed by atoms with E-state index in [-0.39, 0.29) is 0 Å². The van der Waals surface area contributed by atoms with Crippen LogP contribution in [0.4, 0.5) is 0 Å². The minimum absolute atomic E-state index is 1.09. The summed E-state index contributed by atoms with van der Waals surface area (Å²) in [6.45, 7) is 18.8. The SMILES string of the molecule is CCc1c(CC)n([Si](C)(C)C)c(=S)n1[Si](C)(C)C. The second-order valence-electron chi connectivity index (χ2n) is 6.90. The fourth-order valence-electron chi connectivity index (χ4n) is 2.70. The molecule has 0 radical (unpaired) electrons. The Morgan fingerprint density at radius 1 is 0.778 bits per heavy atom. The highest BCUT2D eigenvalue weighted by molar-refractivity contribution is 7.71. The van der Waals surface area contributed by atoms with Gasteiger partial charge >= 0.3 is 0 Å². The molecule has 0 bridgehead atoms. The lowest BCUT2D eigenvalue weighted by molar-refractivity contribution is 0.925. The second kappa shape index (κ2) is 5.09. The van der Waals surface area contributed by atoms with Crippen LogP contribution in [-0.4, -0.2) is 24.9 Å². The van der Waals surface area contributed by atoms with E-state index in [9.17, 15) is 0 Å². The van der Waals surface area contributed by atoms with Crippen LogP contribution in [0.5, 0.6) is 0 Å². The van der Waals surface area contributed by atoms with Crippen LogP contribution in [0.3, 0.4) is 0 Å². The van der Waals surface area contributed by atoms with Crippen molar-refractivity contribution in [3.63, 3.8) is 0 Å². The molecule has 5 heteroatoms. The van der Waals surface area contributed by atoms with E-state index in [1.165, 1.54) is 11.4 Å². The summed E-state index contributed by atoms with van der Waals surface area (Å²) in [5.74, 6) is 0. The quantitative estimate of drug-likeness (QED) is 0.587. The van der Waals surface area contributed by atoms with Crippen molar-refractivity contribution in [1.29, 1.82) is 0 Å². The molecule has 1 heterocycles. The van der Waals surface area contributed by atoms with Crippen molar-refractivity contribution in [2.24, 2.45) is 0 Å². The van der Waals surface area contributed by atoms with Gasteiger partial charge in [-0.2, -0.15) is 0 Å². The molecule has 18 heavy (non-hydrogen) atoms. The van der Waals surface area contributed by atoms with E-state index in [2.05, 4.69) is 61.6 Å². The van der Waals surface area contributed by atoms with Crippen LogP contribution in [0.2, 0.25) is 39.3 Å². The smallest absolute Gasteiger partial charge is 0.163 e. The van der Waals surface area contributed by atoms with E-state index in [4.69, 9.17) is 12.2 Å². The minimum Gasteiger partial charge on any atom is -0.350 e. The summed E-state index contributed by atoms with van der Waals surface area (Å²) < 4.78 is 6.11. The molecule has 0 amide bonds. The molecule has 0 atom stereocenters. The van der Waals surface area contributed by atoms with Gasteiger partial charge in [0.2, 0.25) is 0 Å². The lowest BCUT2D eigenvalue weighted by Crippen LogP contribution is -2.36. The lowest BCUT2D eigenvalue weighted by Gasteiger charge is -2.23. The Balaban J connectivity index is 3.77. The molecule has 1 rings (SSSR count). The summed E-state index contributed by atoms with van der Waals surface area (Å²) in [6, 6.07) is 0. The summed E-state index contributed by atoms with van der Waals surface area (Å²) in [4.78, 5) is 0. The third-order valence-electron chi connectivity index (χ3n) is 3.27. The molecule has 0 N–H and O–H groups in total. The van der Waals surface area contributed by atoms with E-state index >= 15 is 0 Å². The number of hydrogen-bond donors (Lipinski definition) is 0. The highest BCUT2D eigenvalue weighted by Crippen LogP contribution is 2.24. The molecule has 0 unspecified atom stereocenters. The van der Waals surface area contributed by atoms with Gasteiger partial charge in [0.1, 0.15) is 0 Å². The van der Waals surface area contributed by atoms with Crippen LogP contribution in [0.1, 0.15) is 25.2 Å². The first-order valence-corrected chi connectivity index (χ1v) is 14.2. The fourth-order valence-corrected chi connectivity index (χ4v) is 8.20. The average Bonchev–Trinajstić information content (AvgIpc) is 2.48. The van der Waals surface area contributed by atoms with Gasteiger partial charge in [-0.1, -0.05) is 53.1 Å². The summed E-state index contributed by atoms with van der Waals surface area (Å²) in [5.41, 5.74) is 2.98. The topological polar surface area (TPSA) is 9.86 Å². The Hall–Kier alpha value is -0.136. The Morgan fingerprint density at radius 2 is 1.06 bits per heavy atom. The zero-order chi connectivity index (χ0) is 14.3. The van der Waals surface area contributed by atoms with Crippen molar-refractivity contribution in [2.75, 3.05) is 0 Å². The van der Waals surface area contributed by atoms with Gasteiger partial charge in [0, 0.05) is 11.4 Å². The lowest BCUT2D eigenvalue weighted by atomic mass is 10.2. The van der Waals surface area contributed by atoms with Crippen LogP contribution >= 0.6 is 12.2 Å². The molecule has 0 aliphatic heterocycles. The standard InChI is InChI=1S/C13H28N2SSi2/c1-9-11-12(10-2)15(18(6,7)8)13(16)14(11)17(3,4)5/h9-10H2,1-8H3. The first kappa shape index (κ1) is 15.9. The number of rotatable bonds is 4. The van der Waals surface area contributed by atoms with Crippen LogP contribution in [0.25, 0.3) is 0 Å². The molecular formula is C13H28N2SSi2. The van der Waals surface area contributed by atoms with Gasteiger partial charge in [-0.15, -0.1) is 0 Å². The second-order valence-corrected chi connectivity index (χ2v) is 16.8. The Labute approximate surface area is 119 Å². The van der Waals surface area contributed by atoms with Gasteiger partial charge in [-0.25, -0.2) is 0 Å². The zero-order valence-electron chi connectivity index (χ0n) is 13.2. The van der Waals surface area contributed by atoms with Crippen LogP contribution in [0.15, 0.2) is 0 Å². The molecule has 1 aromatic heterocycles. The zero-order valence-corrected chi connectivity index (χ0v) is 16.0. The van der Waals surface area contributed by atoms with Gasteiger partial charge in [-0.05, 0) is 25.1 Å². The van der Waals surface area contributed by atoms with Crippen LogP contribution in [0, 0.1) is 4.77 Å². The molecule has 0 aliphatic carbocycles. The fraction of sp³-hybridized carbons (Fsp3) is 0.769. The minimum atomic E-state index is -1.44. The van der Waals surface area contributed by atoms with Gasteiger partial charge < -0.3 is 8.47 Å². The Bertz CT molecular complexity index is 444. The number of imidazole rings is 1. The maximum atomic E-state index is 5.82. The Kier molecular flexibility index (Phi) is 4.51. The monoisotopic (exact) mass is 300 g/mol. The molecule has 104 valence electrons. The largest absolute Gasteiger partial charge is 0.350 e. The van der Waals surface area contributed by atoms with E-state index in [1.807, 2.05) is 0 Å². The summed E-state index contributed by atoms with van der Waals surface area (Å²) in [7, 11) is -2.87. The molecule has 0 aliphatic rings. The van der Waals surface area contributed by atoms with Gasteiger partial charge in [0.25, 0.3) is 0 Å². The average molecular weight is 301 g/mol. The van der Waals surface area contributed by atoms with Crippen molar-refractivity contribution < 1.29 is 0 Å². The molecule has 0 saturated heterocycles. The van der Waals surface area contributed by atoms with Crippen molar-refractivity contribution in [3.05, 3.63) is 16.2 Å². The van der Waals surface area contributed by atoms with Crippen molar-refractivity contribution in [3.8, 4) is 0 Å². The van der Waals surface area contributed by atoms with Gasteiger partial charge in [0.15, 0.2) is 21.2 Å². The Morgan fingerprint density at radius 3 is 1.22 bits per heavy atom. The molecule has 0 fully saturated rings. The number of nitrogens with zero attached hydrogens (tertiary/aromatic N) is 2. The van der Waals surface area contributed by atoms with Crippen LogP contribution < -0.4 is 0 Å². The van der Waals surface area contributed by atoms with Gasteiger partial charge in [-0.3, -0.25) is 0 Å². The molecule has 2 nitrogen and oxygen atoms in total. The third kappa shape index (κ3) is 2.72. The molecular weight excluding hydrogens is 272 g/mol. The predicted octanol–water partition coefficient (Wildman–Crippen LogP) is 4.51. The molecule has 0 aromatic carbocycles. The normalized spacial score (nSPS) is 13.1. The number of hydrogen-bond acceptors (Lipinski definition) is 1. The predicted molar refractivity (Wildman–Crippen MR) is 89.5 cm³/mol. The van der Waals surface area contributed by atoms with E-state index in [0.29, 0.717) is 0 Å². The highest BCUT2D eigenvalue weighted by atomic mass is 32.1. The van der Waals surface area contributed by atoms with E-state index in [1.54, 1.807) is 0 Å². The first-order chi connectivity index (χ1) is 8.05. The van der Waals surface area contributed by atoms with E-state index < -0.39 is 16.5 Å². The van der Waals surface area contributed by atoms with E-state index in [0.717, 1.165) is 17.6 Å². The maximum absolute atomic E-state index is 5.82. The summed E-state index contributed by atoms with van der Waals surface area (Å²) in [5, 5.41) is 0. The third-order valence-corrected chi connectivity index (χ3v) is 7.60.